The number of amides is 1. The van der Waals surface area contributed by atoms with Crippen LogP contribution in [0.4, 0.5) is 5.69 Å². The highest BCUT2D eigenvalue weighted by atomic mass is 35.5. The summed E-state index contributed by atoms with van der Waals surface area (Å²) < 4.78 is 1.85. The average molecular weight is 364 g/mol. The molecular formula is C18H26ClN5O. The SMILES string of the molecule is CCN(C(=O)c1cn(C2CCNCC2)nn1)c1cc(C)cc(C)c1.Cl. The van der Waals surface area contributed by atoms with Crippen LogP contribution in [-0.4, -0.2) is 40.5 Å². The number of piperidine rings is 1. The van der Waals surface area contributed by atoms with Crippen LogP contribution in [-0.2, 0) is 0 Å². The van der Waals surface area contributed by atoms with Gasteiger partial charge in [0, 0.05) is 12.2 Å². The quantitative estimate of drug-likeness (QED) is 0.907. The standard InChI is InChI=1S/C18H25N5O.ClH/c1-4-22(16-10-13(2)9-14(3)11-16)18(24)17-12-23(21-20-17)15-5-7-19-8-6-15;/h9-12,15,19H,4-8H2,1-3H3;1H. The van der Waals surface area contributed by atoms with Crippen LogP contribution in [0.15, 0.2) is 24.4 Å². The maximum absolute atomic E-state index is 12.9. The van der Waals surface area contributed by atoms with Gasteiger partial charge >= 0.3 is 0 Å². The third kappa shape index (κ3) is 4.38. The number of hydrogen-bond donors (Lipinski definition) is 1. The predicted molar refractivity (Wildman–Crippen MR) is 102 cm³/mol. The van der Waals surface area contributed by atoms with E-state index in [1.54, 1.807) is 11.1 Å². The van der Waals surface area contributed by atoms with Gasteiger partial charge in [0.05, 0.1) is 12.2 Å². The molecule has 1 aliphatic heterocycles. The number of benzene rings is 1. The van der Waals surface area contributed by atoms with E-state index in [1.165, 1.54) is 0 Å². The van der Waals surface area contributed by atoms with Crippen LogP contribution in [0, 0.1) is 13.8 Å². The Morgan fingerprint density at radius 2 is 1.88 bits per heavy atom. The molecule has 1 amide bonds. The van der Waals surface area contributed by atoms with E-state index >= 15 is 0 Å². The molecule has 1 N–H and O–H groups in total. The van der Waals surface area contributed by atoms with Crippen molar-refractivity contribution in [2.75, 3.05) is 24.5 Å². The Kier molecular flexibility index (Phi) is 6.56. The van der Waals surface area contributed by atoms with E-state index in [1.807, 2.05) is 37.6 Å². The molecule has 1 saturated heterocycles. The van der Waals surface area contributed by atoms with E-state index in [9.17, 15) is 4.79 Å². The molecule has 0 unspecified atom stereocenters. The Labute approximate surface area is 155 Å². The van der Waals surface area contributed by atoms with Crippen LogP contribution in [0.1, 0.15) is 47.4 Å². The van der Waals surface area contributed by atoms with Crippen LogP contribution in [0.3, 0.4) is 0 Å². The van der Waals surface area contributed by atoms with Gasteiger partial charge < -0.3 is 10.2 Å². The van der Waals surface area contributed by atoms with E-state index in [2.05, 4.69) is 21.7 Å². The van der Waals surface area contributed by atoms with Crippen molar-refractivity contribution < 1.29 is 4.79 Å². The van der Waals surface area contributed by atoms with Crippen molar-refractivity contribution in [2.45, 2.75) is 39.7 Å². The number of hydrogen-bond acceptors (Lipinski definition) is 4. The van der Waals surface area contributed by atoms with Crippen LogP contribution >= 0.6 is 12.4 Å². The lowest BCUT2D eigenvalue weighted by Gasteiger charge is -2.22. The van der Waals surface area contributed by atoms with E-state index in [4.69, 9.17) is 0 Å². The molecule has 0 radical (unpaired) electrons. The maximum atomic E-state index is 12.9. The third-order valence-electron chi connectivity index (χ3n) is 4.49. The van der Waals surface area contributed by atoms with Crippen molar-refractivity contribution in [3.8, 4) is 0 Å². The molecule has 1 fully saturated rings. The molecule has 0 atom stereocenters. The lowest BCUT2D eigenvalue weighted by molar-refractivity contribution is 0.0983. The zero-order chi connectivity index (χ0) is 17.1. The number of carbonyl (C=O) groups excluding carboxylic acids is 1. The van der Waals surface area contributed by atoms with Crippen molar-refractivity contribution in [1.82, 2.24) is 20.3 Å². The molecule has 136 valence electrons. The maximum Gasteiger partial charge on any atom is 0.280 e. The largest absolute Gasteiger partial charge is 0.317 e. The normalized spacial score (nSPS) is 14.8. The van der Waals surface area contributed by atoms with Gasteiger partial charge in [-0.3, -0.25) is 4.79 Å². The average Bonchev–Trinajstić information content (AvgIpc) is 3.05. The molecule has 0 spiro atoms. The summed E-state index contributed by atoms with van der Waals surface area (Å²) in [5.41, 5.74) is 3.62. The number of rotatable bonds is 4. The fraction of sp³-hybridized carbons (Fsp3) is 0.500. The Hall–Kier alpha value is -1.92. The summed E-state index contributed by atoms with van der Waals surface area (Å²) in [5.74, 6) is -0.0947. The Morgan fingerprint density at radius 1 is 1.24 bits per heavy atom. The first-order valence-electron chi connectivity index (χ1n) is 8.61. The number of halogens is 1. The van der Waals surface area contributed by atoms with Crippen molar-refractivity contribution >= 4 is 24.0 Å². The van der Waals surface area contributed by atoms with Gasteiger partial charge in [-0.25, -0.2) is 4.68 Å². The first-order valence-corrected chi connectivity index (χ1v) is 8.61. The van der Waals surface area contributed by atoms with Gasteiger partial charge in [-0.1, -0.05) is 11.3 Å². The summed E-state index contributed by atoms with van der Waals surface area (Å²) in [5, 5.41) is 11.7. The van der Waals surface area contributed by atoms with Crippen LogP contribution in [0.2, 0.25) is 0 Å². The number of aryl methyl sites for hydroxylation is 2. The van der Waals surface area contributed by atoms with E-state index < -0.39 is 0 Å². The van der Waals surface area contributed by atoms with Gasteiger partial charge in [-0.2, -0.15) is 0 Å². The molecule has 1 aromatic carbocycles. The fourth-order valence-corrected chi connectivity index (χ4v) is 3.31. The second-order valence-electron chi connectivity index (χ2n) is 6.46. The number of carbonyl (C=O) groups is 1. The smallest absolute Gasteiger partial charge is 0.280 e. The molecule has 0 bridgehead atoms. The summed E-state index contributed by atoms with van der Waals surface area (Å²) in [4.78, 5) is 14.7. The molecule has 1 aromatic heterocycles. The Balaban J connectivity index is 0.00000225. The minimum absolute atomic E-state index is 0. The fourth-order valence-electron chi connectivity index (χ4n) is 3.31. The monoisotopic (exact) mass is 363 g/mol. The minimum Gasteiger partial charge on any atom is -0.317 e. The summed E-state index contributed by atoms with van der Waals surface area (Å²) in [6, 6.07) is 6.50. The van der Waals surface area contributed by atoms with Gasteiger partial charge in [0.1, 0.15) is 0 Å². The summed E-state index contributed by atoms with van der Waals surface area (Å²) >= 11 is 0. The molecule has 7 heteroatoms. The highest BCUT2D eigenvalue weighted by molar-refractivity contribution is 6.04. The van der Waals surface area contributed by atoms with E-state index in [0.29, 0.717) is 18.3 Å². The van der Waals surface area contributed by atoms with E-state index in [0.717, 1.165) is 42.7 Å². The van der Waals surface area contributed by atoms with Crippen LogP contribution in [0.5, 0.6) is 0 Å². The van der Waals surface area contributed by atoms with Crippen LogP contribution in [0.25, 0.3) is 0 Å². The second kappa shape index (κ2) is 8.45. The van der Waals surface area contributed by atoms with E-state index in [-0.39, 0.29) is 18.3 Å². The molecule has 0 aliphatic carbocycles. The zero-order valence-electron chi connectivity index (χ0n) is 15.0. The molecule has 2 heterocycles. The molecule has 3 rings (SSSR count). The topological polar surface area (TPSA) is 63.1 Å². The van der Waals surface area contributed by atoms with Crippen molar-refractivity contribution in [3.05, 3.63) is 41.2 Å². The number of aromatic nitrogens is 3. The first-order chi connectivity index (χ1) is 11.6. The van der Waals surface area contributed by atoms with Crippen molar-refractivity contribution in [3.63, 3.8) is 0 Å². The summed E-state index contributed by atoms with van der Waals surface area (Å²) in [7, 11) is 0. The van der Waals surface area contributed by atoms with Gasteiger partial charge in [0.2, 0.25) is 0 Å². The third-order valence-corrected chi connectivity index (χ3v) is 4.49. The number of nitrogens with zero attached hydrogens (tertiary/aromatic N) is 4. The number of anilines is 1. The Bertz CT molecular complexity index is 704. The second-order valence-corrected chi connectivity index (χ2v) is 6.46. The van der Waals surface area contributed by atoms with Crippen molar-refractivity contribution in [1.29, 1.82) is 0 Å². The van der Waals surface area contributed by atoms with Crippen molar-refractivity contribution in [2.24, 2.45) is 0 Å². The lowest BCUT2D eigenvalue weighted by atomic mass is 10.1. The zero-order valence-corrected chi connectivity index (χ0v) is 15.8. The highest BCUT2D eigenvalue weighted by Crippen LogP contribution is 2.21. The molecular weight excluding hydrogens is 338 g/mol. The molecule has 6 nitrogen and oxygen atoms in total. The minimum atomic E-state index is -0.0947. The molecule has 0 saturated carbocycles. The first kappa shape index (κ1) is 19.4. The van der Waals surface area contributed by atoms with Gasteiger partial charge in [-0.15, -0.1) is 17.5 Å². The van der Waals surface area contributed by atoms with Gasteiger partial charge in [0.25, 0.3) is 5.91 Å². The number of nitrogens with one attached hydrogen (secondary N) is 1. The molecule has 1 aliphatic rings. The summed E-state index contributed by atoms with van der Waals surface area (Å²) in [6.45, 7) is 8.63. The van der Waals surface area contributed by atoms with Gasteiger partial charge in [0.15, 0.2) is 5.69 Å². The Morgan fingerprint density at radius 3 is 2.48 bits per heavy atom. The molecule has 2 aromatic rings. The lowest BCUT2D eigenvalue weighted by Crippen LogP contribution is -2.31. The highest BCUT2D eigenvalue weighted by Gasteiger charge is 2.22. The summed E-state index contributed by atoms with van der Waals surface area (Å²) in [6.07, 6.45) is 3.83. The molecule has 25 heavy (non-hydrogen) atoms. The predicted octanol–water partition coefficient (Wildman–Crippen LogP) is 2.91. The van der Waals surface area contributed by atoms with Gasteiger partial charge in [-0.05, 0) is 70.0 Å². The van der Waals surface area contributed by atoms with Crippen LogP contribution < -0.4 is 10.2 Å².